The Labute approximate surface area is 254 Å². The Morgan fingerprint density at radius 1 is 0.619 bits per heavy atom. The Morgan fingerprint density at radius 3 is 1.48 bits per heavy atom. The molecule has 0 amide bonds. The number of hydrogen-bond donors (Lipinski definition) is 3. The highest BCUT2D eigenvalue weighted by molar-refractivity contribution is 7.47. The maximum atomic E-state index is 12.4. The van der Waals surface area contributed by atoms with E-state index in [1.807, 2.05) is 0 Å². The summed E-state index contributed by atoms with van der Waals surface area (Å²) in [5, 5.41) is 18.2. The molecular weight excluding hydrogens is 563 g/mol. The molecule has 0 aromatic carbocycles. The minimum absolute atomic E-state index is 0.188. The van der Waals surface area contributed by atoms with E-state index >= 15 is 0 Å². The molecule has 0 aliphatic heterocycles. The number of carbonyl (C=O) groups excluding carboxylic acids is 2. The van der Waals surface area contributed by atoms with E-state index < -0.39 is 51.8 Å². The maximum absolute atomic E-state index is 12.4. The molecule has 10 nitrogen and oxygen atoms in total. The minimum atomic E-state index is -4.59. The maximum Gasteiger partial charge on any atom is 0.472 e. The molecule has 3 N–H and O–H groups in total. The first-order chi connectivity index (χ1) is 20.2. The van der Waals surface area contributed by atoms with E-state index in [1.165, 1.54) is 70.6 Å². The Morgan fingerprint density at radius 2 is 1.02 bits per heavy atom. The van der Waals surface area contributed by atoms with Crippen LogP contribution in [0.15, 0.2) is 0 Å². The van der Waals surface area contributed by atoms with Crippen LogP contribution in [0.1, 0.15) is 149 Å². The first-order valence-electron chi connectivity index (χ1n) is 16.5. The summed E-state index contributed by atoms with van der Waals surface area (Å²) in [5.74, 6) is -0.928. The molecule has 0 aliphatic carbocycles. The molecule has 11 heteroatoms. The second-order valence-corrected chi connectivity index (χ2v) is 12.7. The fourth-order valence-electron chi connectivity index (χ4n) is 4.40. The summed E-state index contributed by atoms with van der Waals surface area (Å²) in [6.45, 7) is 2.30. The van der Waals surface area contributed by atoms with Gasteiger partial charge in [-0.05, 0) is 12.8 Å². The van der Waals surface area contributed by atoms with E-state index in [0.29, 0.717) is 12.8 Å². The van der Waals surface area contributed by atoms with Gasteiger partial charge in [0.25, 0.3) is 0 Å². The van der Waals surface area contributed by atoms with Crippen molar-refractivity contribution in [2.75, 3.05) is 26.4 Å². The Balaban J connectivity index is 4.38. The van der Waals surface area contributed by atoms with Gasteiger partial charge in [0, 0.05) is 12.8 Å². The average molecular weight is 625 g/mol. The lowest BCUT2D eigenvalue weighted by atomic mass is 10.0. The van der Waals surface area contributed by atoms with Crippen molar-refractivity contribution in [3.8, 4) is 0 Å². The second kappa shape index (κ2) is 28.7. The Kier molecular flexibility index (Phi) is 28.0. The number of aliphatic hydroxyl groups excluding tert-OH is 2. The van der Waals surface area contributed by atoms with E-state index in [-0.39, 0.29) is 19.4 Å². The van der Waals surface area contributed by atoms with E-state index in [4.69, 9.17) is 19.1 Å². The van der Waals surface area contributed by atoms with Crippen molar-refractivity contribution in [2.45, 2.75) is 161 Å². The molecule has 42 heavy (non-hydrogen) atoms. The molecule has 3 atom stereocenters. The molecule has 0 saturated heterocycles. The fourth-order valence-corrected chi connectivity index (χ4v) is 5.19. The van der Waals surface area contributed by atoms with E-state index in [2.05, 4.69) is 18.4 Å². The lowest BCUT2D eigenvalue weighted by molar-refractivity contribution is -0.161. The van der Waals surface area contributed by atoms with Crippen molar-refractivity contribution in [1.82, 2.24) is 0 Å². The van der Waals surface area contributed by atoms with Gasteiger partial charge in [-0.15, -0.1) is 0 Å². The molecular formula is C31H61O10P. The molecule has 1 unspecified atom stereocenters. The van der Waals surface area contributed by atoms with Crippen LogP contribution in [0.4, 0.5) is 0 Å². The number of esters is 2. The highest BCUT2D eigenvalue weighted by Crippen LogP contribution is 2.43. The van der Waals surface area contributed by atoms with Crippen molar-refractivity contribution >= 4 is 19.8 Å². The molecule has 0 saturated carbocycles. The normalized spacial score (nSPS) is 14.3. The summed E-state index contributed by atoms with van der Waals surface area (Å²) in [6.07, 6.45) is 19.6. The predicted molar refractivity (Wildman–Crippen MR) is 164 cm³/mol. The number of aliphatic hydroxyl groups is 2. The van der Waals surface area contributed by atoms with Crippen LogP contribution in [0.2, 0.25) is 0 Å². The highest BCUT2D eigenvalue weighted by atomic mass is 31.2. The van der Waals surface area contributed by atoms with Gasteiger partial charge < -0.3 is 24.6 Å². The number of rotatable bonds is 31. The van der Waals surface area contributed by atoms with Crippen LogP contribution in [0.25, 0.3) is 0 Å². The SMILES string of the molecule is CCCCCCCCCCCCCCC(=O)OC[C@H](COP(=O)(O)OC[C@@H](O)CO)OC(=O)CCCCCCCCC. The molecule has 0 aliphatic rings. The minimum Gasteiger partial charge on any atom is -0.462 e. The summed E-state index contributed by atoms with van der Waals surface area (Å²) in [6, 6.07) is 0. The van der Waals surface area contributed by atoms with Crippen molar-refractivity contribution in [3.63, 3.8) is 0 Å². The van der Waals surface area contributed by atoms with Gasteiger partial charge in [-0.1, -0.05) is 123 Å². The smallest absolute Gasteiger partial charge is 0.462 e. The molecule has 250 valence electrons. The van der Waals surface area contributed by atoms with Crippen LogP contribution < -0.4 is 0 Å². The molecule has 0 fully saturated rings. The van der Waals surface area contributed by atoms with Crippen LogP contribution in [-0.4, -0.2) is 65.7 Å². The monoisotopic (exact) mass is 624 g/mol. The summed E-state index contributed by atoms with van der Waals surface area (Å²) >= 11 is 0. The zero-order valence-corrected chi connectivity index (χ0v) is 27.4. The quantitative estimate of drug-likeness (QED) is 0.0412. The van der Waals surface area contributed by atoms with Crippen LogP contribution >= 0.6 is 7.82 Å². The van der Waals surface area contributed by atoms with Gasteiger partial charge in [-0.2, -0.15) is 0 Å². The Bertz CT molecular complexity index is 691. The number of carbonyl (C=O) groups is 2. The number of unbranched alkanes of at least 4 members (excludes halogenated alkanes) is 17. The lowest BCUT2D eigenvalue weighted by Crippen LogP contribution is -2.29. The number of ether oxygens (including phenoxy) is 2. The van der Waals surface area contributed by atoms with Crippen molar-refractivity contribution in [3.05, 3.63) is 0 Å². The van der Waals surface area contributed by atoms with Crippen molar-refractivity contribution in [1.29, 1.82) is 0 Å². The third-order valence-corrected chi connectivity index (χ3v) is 7.96. The van der Waals surface area contributed by atoms with Crippen LogP contribution in [-0.2, 0) is 32.7 Å². The zero-order chi connectivity index (χ0) is 31.3. The third kappa shape index (κ3) is 27.8. The molecule has 0 bridgehead atoms. The molecule has 0 spiro atoms. The molecule has 0 aromatic rings. The largest absolute Gasteiger partial charge is 0.472 e. The first kappa shape index (κ1) is 41.0. The number of phosphoric ester groups is 1. The summed E-state index contributed by atoms with van der Waals surface area (Å²) in [5.41, 5.74) is 0. The van der Waals surface area contributed by atoms with E-state index in [9.17, 15) is 24.2 Å². The molecule has 0 aromatic heterocycles. The lowest BCUT2D eigenvalue weighted by Gasteiger charge is -2.20. The van der Waals surface area contributed by atoms with Crippen LogP contribution in [0.3, 0.4) is 0 Å². The van der Waals surface area contributed by atoms with Crippen molar-refractivity contribution in [2.24, 2.45) is 0 Å². The zero-order valence-electron chi connectivity index (χ0n) is 26.5. The second-order valence-electron chi connectivity index (χ2n) is 11.2. The van der Waals surface area contributed by atoms with Gasteiger partial charge in [0.1, 0.15) is 12.7 Å². The molecule has 0 rings (SSSR count). The van der Waals surface area contributed by atoms with Gasteiger partial charge in [0.2, 0.25) is 0 Å². The molecule has 0 radical (unpaired) electrons. The van der Waals surface area contributed by atoms with Gasteiger partial charge in [0.05, 0.1) is 19.8 Å². The highest BCUT2D eigenvalue weighted by Gasteiger charge is 2.27. The van der Waals surface area contributed by atoms with E-state index in [0.717, 1.165) is 38.5 Å². The van der Waals surface area contributed by atoms with Crippen molar-refractivity contribution < 1.29 is 47.8 Å². The average Bonchev–Trinajstić information content (AvgIpc) is 2.97. The summed E-state index contributed by atoms with van der Waals surface area (Å²) in [7, 11) is -4.59. The summed E-state index contributed by atoms with van der Waals surface area (Å²) in [4.78, 5) is 34.5. The van der Waals surface area contributed by atoms with Crippen LogP contribution in [0.5, 0.6) is 0 Å². The van der Waals surface area contributed by atoms with Gasteiger partial charge in [-0.3, -0.25) is 18.6 Å². The van der Waals surface area contributed by atoms with Gasteiger partial charge in [-0.25, -0.2) is 4.57 Å². The number of hydrogen-bond acceptors (Lipinski definition) is 9. The third-order valence-electron chi connectivity index (χ3n) is 7.01. The van der Waals surface area contributed by atoms with Crippen LogP contribution in [0, 0.1) is 0 Å². The van der Waals surface area contributed by atoms with Gasteiger partial charge in [0.15, 0.2) is 6.10 Å². The van der Waals surface area contributed by atoms with E-state index in [1.54, 1.807) is 0 Å². The molecule has 0 heterocycles. The topological polar surface area (TPSA) is 149 Å². The standard InChI is InChI=1S/C31H61O10P/c1-3-5-7-9-11-12-13-14-15-17-18-20-22-30(34)38-26-29(27-40-42(36,37)39-25-28(33)24-32)41-31(35)23-21-19-16-10-8-6-4-2/h28-29,32-33H,3-27H2,1-2H3,(H,36,37)/t28-,29+/m0/s1. The predicted octanol–water partition coefficient (Wildman–Crippen LogP) is 7.16. The van der Waals surface area contributed by atoms with Gasteiger partial charge >= 0.3 is 19.8 Å². The number of phosphoric acid groups is 1. The summed E-state index contributed by atoms with van der Waals surface area (Å²) < 4.78 is 32.3. The fraction of sp³-hybridized carbons (Fsp3) is 0.935. The first-order valence-corrected chi connectivity index (χ1v) is 18.0. The Hall–Kier alpha value is -1.03.